The number of hydrogen-bond donors (Lipinski definition) is 2. The average molecular weight is 370 g/mol. The Bertz CT molecular complexity index is 663. The van der Waals surface area contributed by atoms with Gasteiger partial charge in [0.15, 0.2) is 11.7 Å². The molecule has 0 radical (unpaired) electrons. The number of nitrogens with one attached hydrogen (secondary N) is 2. The van der Waals surface area contributed by atoms with Crippen LogP contribution in [0.5, 0.6) is 5.75 Å². The highest BCUT2D eigenvalue weighted by Crippen LogP contribution is 2.30. The summed E-state index contributed by atoms with van der Waals surface area (Å²) in [7, 11) is 1.74. The van der Waals surface area contributed by atoms with E-state index in [1.54, 1.807) is 13.1 Å². The number of fused-ring (bicyclic) bond motifs is 1. The van der Waals surface area contributed by atoms with Gasteiger partial charge in [0.25, 0.3) is 0 Å². The van der Waals surface area contributed by atoms with Crippen LogP contribution in [0.15, 0.2) is 18.2 Å². The Balaban J connectivity index is 0.00000264. The molecule has 2 aromatic rings. The van der Waals surface area contributed by atoms with Crippen LogP contribution in [0, 0.1) is 0 Å². The topological polar surface area (TPSA) is 63.2 Å². The Hall–Kier alpha value is -1.58. The van der Waals surface area contributed by atoms with E-state index in [0.29, 0.717) is 28.3 Å². The summed E-state index contributed by atoms with van der Waals surface area (Å²) in [6.07, 6.45) is -4.07. The van der Waals surface area contributed by atoms with Crippen molar-refractivity contribution in [3.05, 3.63) is 18.2 Å². The number of aromatic nitrogens is 1. The SMILES string of the molecule is CNCCC(=O)Nc1nc2ccc(OCC(F)(F)F)cc2s1.Cl. The van der Waals surface area contributed by atoms with Crippen LogP contribution in [0.3, 0.4) is 0 Å². The van der Waals surface area contributed by atoms with E-state index < -0.39 is 12.8 Å². The van der Waals surface area contributed by atoms with E-state index in [2.05, 4.69) is 20.4 Å². The predicted molar refractivity (Wildman–Crippen MR) is 85.6 cm³/mol. The molecule has 0 aliphatic carbocycles. The molecule has 0 fully saturated rings. The van der Waals surface area contributed by atoms with E-state index in [-0.39, 0.29) is 24.1 Å². The number of amides is 1. The van der Waals surface area contributed by atoms with Crippen LogP contribution >= 0.6 is 23.7 Å². The first-order valence-corrected chi connectivity index (χ1v) is 7.23. The molecule has 5 nitrogen and oxygen atoms in total. The molecule has 2 rings (SSSR count). The van der Waals surface area contributed by atoms with Gasteiger partial charge in [0.05, 0.1) is 10.2 Å². The predicted octanol–water partition coefficient (Wildman–Crippen LogP) is 3.21. The fraction of sp³-hybridized carbons (Fsp3) is 0.385. The van der Waals surface area contributed by atoms with E-state index in [4.69, 9.17) is 0 Å². The Labute approximate surface area is 140 Å². The molecule has 0 atom stereocenters. The van der Waals surface area contributed by atoms with Crippen LogP contribution in [0.4, 0.5) is 18.3 Å². The van der Waals surface area contributed by atoms with Gasteiger partial charge < -0.3 is 15.4 Å². The number of carbonyl (C=O) groups is 1. The minimum absolute atomic E-state index is 0. The zero-order valence-electron chi connectivity index (χ0n) is 12.1. The molecule has 0 aliphatic heterocycles. The number of benzene rings is 1. The van der Waals surface area contributed by atoms with Crippen LogP contribution in [0.25, 0.3) is 10.2 Å². The lowest BCUT2D eigenvalue weighted by molar-refractivity contribution is -0.153. The van der Waals surface area contributed by atoms with Crippen molar-refractivity contribution in [3.8, 4) is 5.75 Å². The van der Waals surface area contributed by atoms with Gasteiger partial charge in [0.2, 0.25) is 5.91 Å². The molecule has 0 aliphatic rings. The maximum absolute atomic E-state index is 12.1. The number of thiazole rings is 1. The minimum atomic E-state index is -4.38. The molecule has 1 amide bonds. The van der Waals surface area contributed by atoms with E-state index in [0.717, 1.165) is 0 Å². The maximum Gasteiger partial charge on any atom is 0.422 e. The summed E-state index contributed by atoms with van der Waals surface area (Å²) < 4.78 is 41.7. The first kappa shape index (κ1) is 19.5. The minimum Gasteiger partial charge on any atom is -0.484 e. The molecule has 2 N–H and O–H groups in total. The van der Waals surface area contributed by atoms with Crippen LogP contribution in [-0.4, -0.2) is 37.3 Å². The second-order valence-corrected chi connectivity index (χ2v) is 5.48. The molecule has 10 heteroatoms. The van der Waals surface area contributed by atoms with E-state index >= 15 is 0 Å². The fourth-order valence-corrected chi connectivity index (χ4v) is 2.54. The van der Waals surface area contributed by atoms with Crippen molar-refractivity contribution in [2.45, 2.75) is 12.6 Å². The van der Waals surface area contributed by atoms with Gasteiger partial charge in [0.1, 0.15) is 5.75 Å². The second-order valence-electron chi connectivity index (χ2n) is 4.45. The van der Waals surface area contributed by atoms with Crippen molar-refractivity contribution >= 4 is 45.0 Å². The second kappa shape index (κ2) is 8.32. The van der Waals surface area contributed by atoms with E-state index in [1.807, 2.05) is 0 Å². The van der Waals surface area contributed by atoms with Crippen LogP contribution in [0.1, 0.15) is 6.42 Å². The third-order valence-electron chi connectivity index (χ3n) is 2.61. The van der Waals surface area contributed by atoms with Crippen molar-refractivity contribution in [2.75, 3.05) is 25.5 Å². The summed E-state index contributed by atoms with van der Waals surface area (Å²) in [6, 6.07) is 4.45. The number of ether oxygens (including phenoxy) is 1. The van der Waals surface area contributed by atoms with Gasteiger partial charge in [-0.25, -0.2) is 4.98 Å². The summed E-state index contributed by atoms with van der Waals surface area (Å²) in [5.74, 6) is -0.0662. The van der Waals surface area contributed by atoms with Gasteiger partial charge >= 0.3 is 6.18 Å². The molecular weight excluding hydrogens is 355 g/mol. The van der Waals surface area contributed by atoms with E-state index in [1.165, 1.54) is 23.5 Å². The number of carbonyl (C=O) groups excluding carboxylic acids is 1. The molecule has 1 aromatic heterocycles. The highest BCUT2D eigenvalue weighted by molar-refractivity contribution is 7.22. The smallest absolute Gasteiger partial charge is 0.422 e. The van der Waals surface area contributed by atoms with Gasteiger partial charge in [-0.3, -0.25) is 4.79 Å². The van der Waals surface area contributed by atoms with Crippen molar-refractivity contribution < 1.29 is 22.7 Å². The average Bonchev–Trinajstić information content (AvgIpc) is 2.83. The van der Waals surface area contributed by atoms with Gasteiger partial charge in [-0.15, -0.1) is 12.4 Å². The summed E-state index contributed by atoms with van der Waals surface area (Å²) in [5, 5.41) is 5.91. The molecule has 0 saturated carbocycles. The standard InChI is InChI=1S/C13H14F3N3O2S.ClH/c1-17-5-4-11(20)19-12-18-9-3-2-8(6-10(9)22-12)21-7-13(14,15)16;/h2-3,6,17H,4-5,7H2,1H3,(H,18,19,20);1H. The number of rotatable bonds is 6. The number of nitrogens with zero attached hydrogens (tertiary/aromatic N) is 1. The molecule has 0 bridgehead atoms. The van der Waals surface area contributed by atoms with Gasteiger partial charge in [-0.2, -0.15) is 13.2 Å². The lowest BCUT2D eigenvalue weighted by Crippen LogP contribution is -2.19. The number of hydrogen-bond acceptors (Lipinski definition) is 5. The van der Waals surface area contributed by atoms with Crippen LogP contribution < -0.4 is 15.4 Å². The normalized spacial score (nSPS) is 11.1. The molecule has 23 heavy (non-hydrogen) atoms. The lowest BCUT2D eigenvalue weighted by atomic mass is 10.3. The number of anilines is 1. The number of alkyl halides is 3. The molecule has 0 saturated heterocycles. The summed E-state index contributed by atoms with van der Waals surface area (Å²) >= 11 is 1.18. The van der Waals surface area contributed by atoms with E-state index in [9.17, 15) is 18.0 Å². The summed E-state index contributed by atoms with van der Waals surface area (Å²) in [6.45, 7) is -0.795. The zero-order valence-corrected chi connectivity index (χ0v) is 13.7. The maximum atomic E-state index is 12.1. The highest BCUT2D eigenvalue weighted by Gasteiger charge is 2.28. The summed E-state index contributed by atoms with van der Waals surface area (Å²) in [5.41, 5.74) is 0.591. The van der Waals surface area contributed by atoms with Crippen LogP contribution in [0.2, 0.25) is 0 Å². The van der Waals surface area contributed by atoms with Crippen molar-refractivity contribution in [1.29, 1.82) is 0 Å². The Morgan fingerprint density at radius 3 is 2.78 bits per heavy atom. The summed E-state index contributed by atoms with van der Waals surface area (Å²) in [4.78, 5) is 15.8. The van der Waals surface area contributed by atoms with Gasteiger partial charge in [-0.1, -0.05) is 11.3 Å². The first-order chi connectivity index (χ1) is 10.4. The zero-order chi connectivity index (χ0) is 16.2. The third-order valence-corrected chi connectivity index (χ3v) is 3.54. The van der Waals surface area contributed by atoms with Crippen molar-refractivity contribution in [2.24, 2.45) is 0 Å². The molecular formula is C13H15ClF3N3O2S. The largest absolute Gasteiger partial charge is 0.484 e. The quantitative estimate of drug-likeness (QED) is 0.820. The Morgan fingerprint density at radius 2 is 2.13 bits per heavy atom. The molecule has 1 heterocycles. The Kier molecular flexibility index (Phi) is 7.04. The molecule has 128 valence electrons. The Morgan fingerprint density at radius 1 is 1.39 bits per heavy atom. The van der Waals surface area contributed by atoms with Crippen molar-refractivity contribution in [3.63, 3.8) is 0 Å². The van der Waals surface area contributed by atoms with Gasteiger partial charge in [0, 0.05) is 13.0 Å². The highest BCUT2D eigenvalue weighted by atomic mass is 35.5. The molecule has 0 spiro atoms. The molecule has 1 aromatic carbocycles. The third kappa shape index (κ3) is 6.20. The number of halogens is 4. The van der Waals surface area contributed by atoms with Gasteiger partial charge in [-0.05, 0) is 25.2 Å². The van der Waals surface area contributed by atoms with Crippen molar-refractivity contribution in [1.82, 2.24) is 10.3 Å². The first-order valence-electron chi connectivity index (χ1n) is 6.42. The monoisotopic (exact) mass is 369 g/mol. The lowest BCUT2D eigenvalue weighted by Gasteiger charge is -2.08. The fourth-order valence-electron chi connectivity index (χ4n) is 1.63. The van der Waals surface area contributed by atoms with Crippen LogP contribution in [-0.2, 0) is 4.79 Å². The molecule has 0 unspecified atom stereocenters.